The molecule has 0 N–H and O–H groups in total. The van der Waals surface area contributed by atoms with E-state index in [0.717, 1.165) is 61.7 Å². The zero-order valence-electron chi connectivity index (χ0n) is 52.8. The van der Waals surface area contributed by atoms with Crippen LogP contribution >= 0.6 is 0 Å². The molecule has 0 aliphatic carbocycles. The number of aromatic nitrogens is 6. The van der Waals surface area contributed by atoms with E-state index in [1.807, 2.05) is 121 Å². The van der Waals surface area contributed by atoms with Crippen molar-refractivity contribution in [2.24, 2.45) is 0 Å². The van der Waals surface area contributed by atoms with E-state index in [1.165, 1.54) is 9.13 Å². The van der Waals surface area contributed by atoms with Crippen LogP contribution in [0, 0.1) is 36.5 Å². The Morgan fingerprint density at radius 1 is 0.548 bits per heavy atom. The number of methoxy groups -OCH3 is 4. The van der Waals surface area contributed by atoms with Crippen LogP contribution in [0.2, 0.25) is 51.4 Å². The van der Waals surface area contributed by atoms with Crippen LogP contribution in [0.5, 0.6) is 11.5 Å². The van der Waals surface area contributed by atoms with Gasteiger partial charge in [-0.15, -0.1) is 0 Å². The van der Waals surface area contributed by atoms with Crippen molar-refractivity contribution in [1.82, 2.24) is 28.2 Å². The molecule has 0 saturated carbocycles. The second-order valence-electron chi connectivity index (χ2n) is 25.9. The molecule has 18 nitrogen and oxygen atoms in total. The second kappa shape index (κ2) is 24.7. The number of nitriles is 2. The molecular formula is C64H84N8O10Si2. The average Bonchev–Trinajstić information content (AvgIpc) is 1.64. The number of ether oxygens (including phenoxy) is 8. The van der Waals surface area contributed by atoms with Gasteiger partial charge in [0, 0.05) is 77.9 Å². The van der Waals surface area contributed by atoms with Crippen LogP contribution in [0.4, 0.5) is 9.59 Å². The first-order valence-corrected chi connectivity index (χ1v) is 35.6. The number of rotatable bonds is 18. The van der Waals surface area contributed by atoms with Crippen LogP contribution in [-0.4, -0.2) is 109 Å². The van der Waals surface area contributed by atoms with Crippen molar-refractivity contribution in [3.05, 3.63) is 118 Å². The highest BCUT2D eigenvalue weighted by Crippen LogP contribution is 2.47. The van der Waals surface area contributed by atoms with Crippen LogP contribution in [0.3, 0.4) is 0 Å². The summed E-state index contributed by atoms with van der Waals surface area (Å²) in [6, 6.07) is 24.9. The average molecular weight is 1180 g/mol. The number of benzene rings is 4. The minimum atomic E-state index is -1.30. The molecule has 0 bridgehead atoms. The third kappa shape index (κ3) is 13.6. The quantitative estimate of drug-likeness (QED) is 0.0580. The van der Waals surface area contributed by atoms with Gasteiger partial charge in [-0.1, -0.05) is 39.3 Å². The molecule has 20 heteroatoms. The summed E-state index contributed by atoms with van der Waals surface area (Å²) in [5.41, 5.74) is 4.98. The molecule has 0 spiro atoms. The molecule has 84 heavy (non-hydrogen) atoms. The van der Waals surface area contributed by atoms with Crippen molar-refractivity contribution < 1.29 is 47.5 Å². The number of nitrogens with zero attached hydrogens (tertiary/aromatic N) is 8. The summed E-state index contributed by atoms with van der Waals surface area (Å²) < 4.78 is 55.4. The van der Waals surface area contributed by atoms with Gasteiger partial charge in [-0.05, 0) is 153 Å². The van der Waals surface area contributed by atoms with Gasteiger partial charge in [0.05, 0.1) is 70.6 Å². The Morgan fingerprint density at radius 2 is 0.952 bits per heavy atom. The molecule has 4 heterocycles. The van der Waals surface area contributed by atoms with E-state index in [1.54, 1.807) is 59.0 Å². The molecule has 0 amide bonds. The van der Waals surface area contributed by atoms with Gasteiger partial charge < -0.3 is 47.0 Å². The minimum absolute atomic E-state index is 0.236. The van der Waals surface area contributed by atoms with Gasteiger partial charge >= 0.3 is 12.2 Å². The lowest BCUT2D eigenvalue weighted by Crippen LogP contribution is -2.32. The number of carbonyl (C=O) groups is 2. The Balaban J connectivity index is 0.000000241. The van der Waals surface area contributed by atoms with Crippen LogP contribution in [0.25, 0.3) is 43.9 Å². The van der Waals surface area contributed by atoms with Crippen molar-refractivity contribution in [3.8, 4) is 23.6 Å². The smallest absolute Gasteiger partial charge is 0.419 e. The van der Waals surface area contributed by atoms with Gasteiger partial charge in [-0.3, -0.25) is 9.13 Å². The van der Waals surface area contributed by atoms with Crippen molar-refractivity contribution in [3.63, 3.8) is 0 Å². The number of carbonyl (C=O) groups excluding carboxylic acids is 2. The highest BCUT2D eigenvalue weighted by molar-refractivity contribution is 6.76. The van der Waals surface area contributed by atoms with Crippen LogP contribution in [-0.2, 0) is 53.1 Å². The maximum atomic E-state index is 13.2. The van der Waals surface area contributed by atoms with Gasteiger partial charge in [0.15, 0.2) is 11.2 Å². The molecule has 2 atom stereocenters. The highest BCUT2D eigenvalue weighted by Gasteiger charge is 2.42. The van der Waals surface area contributed by atoms with Crippen molar-refractivity contribution in [2.75, 3.05) is 41.7 Å². The third-order valence-corrected chi connectivity index (χ3v) is 18.1. The number of aryl methyl sites for hydroxylation is 2. The molecule has 0 aliphatic heterocycles. The number of hydrogen-bond donors (Lipinski definition) is 0. The first kappa shape index (κ1) is 64.3. The fourth-order valence-electron chi connectivity index (χ4n) is 10.3. The first-order chi connectivity index (χ1) is 39.3. The Labute approximate surface area is 496 Å². The summed E-state index contributed by atoms with van der Waals surface area (Å²) >= 11 is 0. The SMILES string of the molecule is COc1cc(C)c2c(ccn2C(=O)OC(C)(C)C)c1C(C)(OC)c1nc2cc(C#N)ccc2n1COCC[Si](C)(C)C.COc1cc(C)c2c(ccn2C(=O)OC(C)(C)C)c1C(C)(OC)c1nc2ccc(C#N)cc2n1COCC[Si](C)(C)C. The molecule has 8 rings (SSSR count). The largest absolute Gasteiger partial charge is 0.496 e. The van der Waals surface area contributed by atoms with Gasteiger partial charge in [-0.25, -0.2) is 19.6 Å². The van der Waals surface area contributed by atoms with E-state index in [4.69, 9.17) is 47.9 Å². The van der Waals surface area contributed by atoms with E-state index in [-0.39, 0.29) is 13.5 Å². The predicted molar refractivity (Wildman–Crippen MR) is 334 cm³/mol. The Kier molecular flexibility index (Phi) is 18.9. The summed E-state index contributed by atoms with van der Waals surface area (Å²) in [4.78, 5) is 36.5. The molecule has 448 valence electrons. The van der Waals surface area contributed by atoms with Crippen molar-refractivity contribution in [2.45, 2.75) is 156 Å². The monoisotopic (exact) mass is 1180 g/mol. The van der Waals surface area contributed by atoms with E-state index in [0.29, 0.717) is 64.0 Å². The Bertz CT molecular complexity index is 3700. The highest BCUT2D eigenvalue weighted by atomic mass is 28.3. The van der Waals surface area contributed by atoms with Crippen molar-refractivity contribution in [1.29, 1.82) is 10.5 Å². The molecule has 4 aromatic heterocycles. The number of hydrogen-bond acceptors (Lipinski definition) is 14. The number of imidazole rings is 2. The van der Waals surface area contributed by atoms with Gasteiger partial charge in [-0.2, -0.15) is 10.5 Å². The van der Waals surface area contributed by atoms with Crippen molar-refractivity contribution >= 4 is 72.2 Å². The second-order valence-corrected chi connectivity index (χ2v) is 37.2. The first-order valence-electron chi connectivity index (χ1n) is 28.2. The zero-order chi connectivity index (χ0) is 62.1. The Morgan fingerprint density at radius 3 is 1.35 bits per heavy atom. The maximum Gasteiger partial charge on any atom is 0.419 e. The van der Waals surface area contributed by atoms with E-state index in [9.17, 15) is 20.1 Å². The lowest BCUT2D eigenvalue weighted by atomic mass is 9.89. The molecule has 0 radical (unpaired) electrons. The molecule has 4 aromatic carbocycles. The zero-order valence-corrected chi connectivity index (χ0v) is 54.8. The lowest BCUT2D eigenvalue weighted by molar-refractivity contribution is 0.0171. The Hall–Kier alpha value is -7.31. The molecular weight excluding hydrogens is 1100 g/mol. The third-order valence-electron chi connectivity index (χ3n) is 14.7. The number of fused-ring (bicyclic) bond motifs is 4. The molecule has 0 aliphatic rings. The van der Waals surface area contributed by atoms with E-state index < -0.39 is 50.7 Å². The summed E-state index contributed by atoms with van der Waals surface area (Å²) in [5.74, 6) is 2.39. The van der Waals surface area contributed by atoms with Crippen LogP contribution in [0.15, 0.2) is 73.1 Å². The normalized spacial score (nSPS) is 13.7. The summed E-state index contributed by atoms with van der Waals surface area (Å²) in [6.07, 6.45) is 2.49. The van der Waals surface area contributed by atoms with E-state index >= 15 is 0 Å². The van der Waals surface area contributed by atoms with E-state index in [2.05, 4.69) is 51.4 Å². The van der Waals surface area contributed by atoms with Gasteiger partial charge in [0.25, 0.3) is 0 Å². The van der Waals surface area contributed by atoms with Gasteiger partial charge in [0.2, 0.25) is 0 Å². The fraction of sp³-hybridized carbons (Fsp3) is 0.469. The fourth-order valence-corrected chi connectivity index (χ4v) is 11.8. The van der Waals surface area contributed by atoms with Gasteiger partial charge in [0.1, 0.15) is 47.8 Å². The standard InChI is InChI=1S/2C32H42N4O5Si/c1-21-17-26(38-6)27(23-13-14-35(28(21)23)30(37)41-31(2,3)4)32(5,39-7)29-34-24-18-22(19-33)11-12-25(24)36(29)20-40-15-16-42(8,9)10;1-21-17-26(38-6)27(23-13-14-35(28(21)23)30(37)41-31(2,3)4)32(5,39-7)29-34-24-12-11-22(19-33)18-25(24)36(29)20-40-15-16-42(8,9)10/h2*11-14,17-18H,15-16,20H2,1-10H3. The lowest BCUT2D eigenvalue weighted by Gasteiger charge is -2.31. The topological polar surface area (TPSA) is 201 Å². The predicted octanol–water partition coefficient (Wildman–Crippen LogP) is 14.4. The molecule has 2 unspecified atom stereocenters. The molecule has 0 fully saturated rings. The minimum Gasteiger partial charge on any atom is -0.496 e. The van der Waals surface area contributed by atoms with Crippen LogP contribution in [0.1, 0.15) is 100 Å². The summed E-state index contributed by atoms with van der Waals surface area (Å²) in [7, 11) is 3.90. The molecule has 8 aromatic rings. The summed E-state index contributed by atoms with van der Waals surface area (Å²) in [6.45, 7) is 34.4. The maximum absolute atomic E-state index is 13.2. The summed E-state index contributed by atoms with van der Waals surface area (Å²) in [5, 5.41) is 20.7. The molecule has 0 saturated heterocycles. The van der Waals surface area contributed by atoms with Crippen LogP contribution < -0.4 is 9.47 Å².